The largest absolute Gasteiger partial charge is 0.490 e. The van der Waals surface area contributed by atoms with E-state index >= 15 is 0 Å². The third-order valence-corrected chi connectivity index (χ3v) is 4.31. The summed E-state index contributed by atoms with van der Waals surface area (Å²) in [5.41, 5.74) is 0.708. The second kappa shape index (κ2) is 9.38. The molecule has 0 spiro atoms. The number of benzene rings is 1. The average Bonchev–Trinajstić information content (AvgIpc) is 2.91. The quantitative estimate of drug-likeness (QED) is 0.388. The standard InChI is InChI=1S/C16H18N2O5S2/c1-3-21-13-7-11(8-17-18-14(19)10-25-16(18)24)5-6-12(13)23-9-15(20)22-4-2/h5-8H,3-4,9-10H2,1-2H3/b17-8-. The molecule has 7 nitrogen and oxygen atoms in total. The maximum absolute atomic E-state index is 11.6. The molecule has 134 valence electrons. The van der Waals surface area contributed by atoms with Crippen LogP contribution in [-0.2, 0) is 14.3 Å². The molecule has 1 heterocycles. The van der Waals surface area contributed by atoms with Crippen molar-refractivity contribution in [3.8, 4) is 11.5 Å². The van der Waals surface area contributed by atoms with E-state index in [4.69, 9.17) is 26.4 Å². The van der Waals surface area contributed by atoms with Crippen molar-refractivity contribution in [1.82, 2.24) is 5.01 Å². The molecule has 1 aromatic rings. The summed E-state index contributed by atoms with van der Waals surface area (Å²) < 4.78 is 16.2. The van der Waals surface area contributed by atoms with E-state index in [0.29, 0.717) is 40.3 Å². The SMILES string of the molecule is CCOC(=O)COc1ccc(/C=N\N2C(=O)CSC2=S)cc1OCC. The fraction of sp³-hybridized carbons (Fsp3) is 0.375. The van der Waals surface area contributed by atoms with Crippen LogP contribution in [0.5, 0.6) is 11.5 Å². The molecule has 1 aliphatic rings. The van der Waals surface area contributed by atoms with Gasteiger partial charge >= 0.3 is 5.97 Å². The van der Waals surface area contributed by atoms with Crippen LogP contribution in [0, 0.1) is 0 Å². The summed E-state index contributed by atoms with van der Waals surface area (Å²) in [7, 11) is 0. The van der Waals surface area contributed by atoms with E-state index in [2.05, 4.69) is 5.10 Å². The number of carbonyl (C=O) groups excluding carboxylic acids is 2. The van der Waals surface area contributed by atoms with E-state index in [-0.39, 0.29) is 12.5 Å². The molecule has 1 aromatic carbocycles. The number of ether oxygens (including phenoxy) is 3. The van der Waals surface area contributed by atoms with Gasteiger partial charge in [0, 0.05) is 0 Å². The Hall–Kier alpha value is -2.13. The summed E-state index contributed by atoms with van der Waals surface area (Å²) in [6.07, 6.45) is 1.52. The van der Waals surface area contributed by atoms with Gasteiger partial charge in [-0.05, 0) is 37.6 Å². The molecular weight excluding hydrogens is 364 g/mol. The fourth-order valence-electron chi connectivity index (χ4n) is 1.92. The number of rotatable bonds is 8. The zero-order valence-corrected chi connectivity index (χ0v) is 15.5. The smallest absolute Gasteiger partial charge is 0.344 e. The second-order valence-corrected chi connectivity index (χ2v) is 6.35. The Labute approximate surface area is 155 Å². The first kappa shape index (κ1) is 19.2. The van der Waals surface area contributed by atoms with Gasteiger partial charge < -0.3 is 14.2 Å². The first-order valence-corrected chi connectivity index (χ1v) is 9.03. The number of thiocarbonyl (C=S) groups is 1. The minimum atomic E-state index is -0.450. The monoisotopic (exact) mass is 382 g/mol. The van der Waals surface area contributed by atoms with Crippen LogP contribution in [0.2, 0.25) is 0 Å². The van der Waals surface area contributed by atoms with Gasteiger partial charge in [0.2, 0.25) is 0 Å². The van der Waals surface area contributed by atoms with Crippen molar-refractivity contribution in [2.45, 2.75) is 13.8 Å². The van der Waals surface area contributed by atoms with E-state index in [0.717, 1.165) is 0 Å². The van der Waals surface area contributed by atoms with Crippen LogP contribution in [0.25, 0.3) is 0 Å². The summed E-state index contributed by atoms with van der Waals surface area (Å²) in [5.74, 6) is 0.608. The van der Waals surface area contributed by atoms with Gasteiger partial charge in [-0.3, -0.25) is 4.79 Å². The normalized spacial score (nSPS) is 14.2. The average molecular weight is 382 g/mol. The summed E-state index contributed by atoms with van der Waals surface area (Å²) in [6.45, 7) is 4.10. The fourth-order valence-corrected chi connectivity index (χ4v) is 2.88. The number of carbonyl (C=O) groups is 2. The highest BCUT2D eigenvalue weighted by Crippen LogP contribution is 2.28. The van der Waals surface area contributed by atoms with Gasteiger partial charge in [-0.25, -0.2) is 4.79 Å². The molecule has 0 aromatic heterocycles. The number of esters is 1. The van der Waals surface area contributed by atoms with Crippen molar-refractivity contribution in [3.05, 3.63) is 23.8 Å². The van der Waals surface area contributed by atoms with Crippen LogP contribution < -0.4 is 9.47 Å². The maximum Gasteiger partial charge on any atom is 0.344 e. The Kier molecular flexibility index (Phi) is 7.20. The highest BCUT2D eigenvalue weighted by atomic mass is 32.2. The minimum Gasteiger partial charge on any atom is -0.490 e. The Morgan fingerprint density at radius 3 is 2.76 bits per heavy atom. The minimum absolute atomic E-state index is 0.148. The number of hydrogen-bond acceptors (Lipinski definition) is 8. The predicted molar refractivity (Wildman–Crippen MR) is 99.2 cm³/mol. The van der Waals surface area contributed by atoms with Crippen molar-refractivity contribution in [2.24, 2.45) is 5.10 Å². The third kappa shape index (κ3) is 5.43. The van der Waals surface area contributed by atoms with E-state index in [1.165, 1.54) is 23.0 Å². The first-order valence-electron chi connectivity index (χ1n) is 7.64. The predicted octanol–water partition coefficient (Wildman–Crippen LogP) is 2.22. The van der Waals surface area contributed by atoms with Gasteiger partial charge in [0.25, 0.3) is 5.91 Å². The van der Waals surface area contributed by atoms with Gasteiger partial charge in [0.1, 0.15) is 0 Å². The summed E-state index contributed by atoms with van der Waals surface area (Å²) >= 11 is 6.35. The molecular formula is C16H18N2O5S2. The molecule has 2 rings (SSSR count). The Balaban J connectivity index is 2.10. The van der Waals surface area contributed by atoms with Crippen LogP contribution >= 0.6 is 24.0 Å². The van der Waals surface area contributed by atoms with Crippen LogP contribution in [0.1, 0.15) is 19.4 Å². The molecule has 1 amide bonds. The van der Waals surface area contributed by atoms with Gasteiger partial charge in [0.05, 0.1) is 25.2 Å². The van der Waals surface area contributed by atoms with Gasteiger partial charge in [-0.15, -0.1) is 0 Å². The Morgan fingerprint density at radius 1 is 1.32 bits per heavy atom. The molecule has 0 saturated carbocycles. The Bertz CT molecular complexity index is 677. The zero-order chi connectivity index (χ0) is 18.2. The lowest BCUT2D eigenvalue weighted by Gasteiger charge is -2.12. The Morgan fingerprint density at radius 2 is 2.12 bits per heavy atom. The summed E-state index contributed by atoms with van der Waals surface area (Å²) in [5, 5.41) is 5.31. The number of nitrogens with zero attached hydrogens (tertiary/aromatic N) is 2. The van der Waals surface area contributed by atoms with Gasteiger partial charge in [-0.2, -0.15) is 10.1 Å². The maximum atomic E-state index is 11.6. The molecule has 25 heavy (non-hydrogen) atoms. The van der Waals surface area contributed by atoms with E-state index in [1.54, 1.807) is 25.1 Å². The number of hydrogen-bond donors (Lipinski definition) is 0. The highest BCUT2D eigenvalue weighted by Gasteiger charge is 2.25. The molecule has 0 bridgehead atoms. The number of hydrazone groups is 1. The molecule has 0 N–H and O–H groups in total. The lowest BCUT2D eigenvalue weighted by Crippen LogP contribution is -2.22. The lowest BCUT2D eigenvalue weighted by atomic mass is 10.2. The third-order valence-electron chi connectivity index (χ3n) is 2.97. The second-order valence-electron chi connectivity index (χ2n) is 4.74. The molecule has 1 fully saturated rings. The van der Waals surface area contributed by atoms with Crippen LogP contribution in [0.3, 0.4) is 0 Å². The van der Waals surface area contributed by atoms with Crippen molar-refractivity contribution < 1.29 is 23.8 Å². The van der Waals surface area contributed by atoms with Crippen molar-refractivity contribution >= 4 is 46.4 Å². The van der Waals surface area contributed by atoms with E-state index in [1.807, 2.05) is 6.92 Å². The summed E-state index contributed by atoms with van der Waals surface area (Å²) in [4.78, 5) is 23.0. The molecule has 0 radical (unpaired) electrons. The number of amides is 1. The van der Waals surface area contributed by atoms with Crippen molar-refractivity contribution in [3.63, 3.8) is 0 Å². The van der Waals surface area contributed by atoms with Crippen LogP contribution in [0.4, 0.5) is 0 Å². The van der Waals surface area contributed by atoms with Crippen molar-refractivity contribution in [1.29, 1.82) is 0 Å². The zero-order valence-electron chi connectivity index (χ0n) is 13.9. The van der Waals surface area contributed by atoms with E-state index < -0.39 is 5.97 Å². The molecule has 0 aliphatic carbocycles. The number of thioether (sulfide) groups is 1. The van der Waals surface area contributed by atoms with Crippen molar-refractivity contribution in [2.75, 3.05) is 25.6 Å². The lowest BCUT2D eigenvalue weighted by molar-refractivity contribution is -0.145. The topological polar surface area (TPSA) is 77.4 Å². The van der Waals surface area contributed by atoms with Gasteiger partial charge in [0.15, 0.2) is 22.4 Å². The molecule has 9 heteroatoms. The molecule has 1 aliphatic heterocycles. The van der Waals surface area contributed by atoms with E-state index in [9.17, 15) is 9.59 Å². The van der Waals surface area contributed by atoms with Crippen LogP contribution in [-0.4, -0.2) is 53.0 Å². The first-order chi connectivity index (χ1) is 12.0. The highest BCUT2D eigenvalue weighted by molar-refractivity contribution is 8.23. The molecule has 1 saturated heterocycles. The van der Waals surface area contributed by atoms with Gasteiger partial charge in [-0.1, -0.05) is 24.0 Å². The van der Waals surface area contributed by atoms with Crippen LogP contribution in [0.15, 0.2) is 23.3 Å². The summed E-state index contributed by atoms with van der Waals surface area (Å²) in [6, 6.07) is 5.12. The molecule has 0 unspecified atom stereocenters. The molecule has 0 atom stereocenters.